The van der Waals surface area contributed by atoms with Gasteiger partial charge in [-0.25, -0.2) is 0 Å². The summed E-state index contributed by atoms with van der Waals surface area (Å²) in [6, 6.07) is 0. The van der Waals surface area contributed by atoms with Crippen molar-refractivity contribution < 1.29 is 14.3 Å². The van der Waals surface area contributed by atoms with E-state index in [1.54, 1.807) is 18.9 Å². The van der Waals surface area contributed by atoms with Crippen molar-refractivity contribution in [3.05, 3.63) is 0 Å². The minimum absolute atomic E-state index is 0.0478. The lowest BCUT2D eigenvalue weighted by Crippen LogP contribution is -2.37. The molecule has 0 saturated heterocycles. The molecule has 0 aliphatic carbocycles. The van der Waals surface area contributed by atoms with E-state index in [9.17, 15) is 9.59 Å². The number of hydrogen-bond donors (Lipinski definition) is 1. The number of hydrogen-bond acceptors (Lipinski definition) is 4. The molecule has 5 heteroatoms. The smallest absolute Gasteiger partial charge is 0.310 e. The molecule has 0 spiro atoms. The minimum atomic E-state index is -0.296. The fourth-order valence-corrected chi connectivity index (χ4v) is 1.70. The predicted molar refractivity (Wildman–Crippen MR) is 66.3 cm³/mol. The minimum Gasteiger partial charge on any atom is -0.469 e. The Bertz CT molecular complexity index is 256. The zero-order chi connectivity index (χ0) is 13.4. The Balaban J connectivity index is 4.16. The number of esters is 1. The van der Waals surface area contributed by atoms with Gasteiger partial charge in [0.15, 0.2) is 0 Å². The van der Waals surface area contributed by atoms with Crippen LogP contribution in [-0.4, -0.2) is 44.0 Å². The van der Waals surface area contributed by atoms with Crippen LogP contribution < -0.4 is 5.73 Å². The zero-order valence-corrected chi connectivity index (χ0v) is 11.2. The van der Waals surface area contributed by atoms with Gasteiger partial charge in [0.2, 0.25) is 5.91 Å². The van der Waals surface area contributed by atoms with Crippen molar-refractivity contribution in [3.63, 3.8) is 0 Å². The maximum Gasteiger partial charge on any atom is 0.310 e. The van der Waals surface area contributed by atoms with E-state index in [4.69, 9.17) is 5.73 Å². The molecule has 0 saturated carbocycles. The zero-order valence-electron chi connectivity index (χ0n) is 11.2. The van der Waals surface area contributed by atoms with Crippen LogP contribution in [0.2, 0.25) is 0 Å². The van der Waals surface area contributed by atoms with E-state index in [2.05, 4.69) is 4.74 Å². The second-order valence-corrected chi connectivity index (χ2v) is 4.47. The van der Waals surface area contributed by atoms with Crippen molar-refractivity contribution in [3.8, 4) is 0 Å². The monoisotopic (exact) mass is 244 g/mol. The molecular weight excluding hydrogens is 220 g/mol. The molecule has 0 aromatic rings. The lowest BCUT2D eigenvalue weighted by Gasteiger charge is -2.23. The highest BCUT2D eigenvalue weighted by Gasteiger charge is 2.21. The molecule has 100 valence electrons. The van der Waals surface area contributed by atoms with Crippen LogP contribution in [0.3, 0.4) is 0 Å². The number of rotatable bonds is 7. The molecule has 0 aromatic carbocycles. The van der Waals surface area contributed by atoms with Crippen molar-refractivity contribution in [2.24, 2.45) is 17.6 Å². The first-order chi connectivity index (χ1) is 7.93. The number of methoxy groups -OCH3 is 1. The normalized spacial score (nSPS) is 13.9. The van der Waals surface area contributed by atoms with Crippen LogP contribution in [0, 0.1) is 11.8 Å². The summed E-state index contributed by atoms with van der Waals surface area (Å²) < 4.78 is 4.62. The summed E-state index contributed by atoms with van der Waals surface area (Å²) in [5.41, 5.74) is 5.41. The summed E-state index contributed by atoms with van der Waals surface area (Å²) in [6.07, 6.45) is 1.62. The van der Waals surface area contributed by atoms with E-state index >= 15 is 0 Å². The van der Waals surface area contributed by atoms with Gasteiger partial charge in [-0.1, -0.05) is 13.8 Å². The van der Waals surface area contributed by atoms with E-state index in [0.29, 0.717) is 13.1 Å². The first-order valence-corrected chi connectivity index (χ1v) is 5.96. The second kappa shape index (κ2) is 8.06. The molecule has 2 N–H and O–H groups in total. The molecule has 0 heterocycles. The Labute approximate surface area is 103 Å². The van der Waals surface area contributed by atoms with Crippen LogP contribution in [0.4, 0.5) is 0 Å². The molecule has 1 amide bonds. The molecule has 0 aliphatic rings. The maximum atomic E-state index is 11.9. The van der Waals surface area contributed by atoms with Crippen molar-refractivity contribution in [2.45, 2.75) is 26.7 Å². The fraction of sp³-hybridized carbons (Fsp3) is 0.833. The topological polar surface area (TPSA) is 72.6 Å². The van der Waals surface area contributed by atoms with Gasteiger partial charge in [0.1, 0.15) is 0 Å². The van der Waals surface area contributed by atoms with Gasteiger partial charge in [-0.15, -0.1) is 0 Å². The predicted octanol–water partition coefficient (Wildman–Crippen LogP) is 0.629. The third-order valence-corrected chi connectivity index (χ3v) is 2.79. The first kappa shape index (κ1) is 15.9. The molecule has 2 unspecified atom stereocenters. The van der Waals surface area contributed by atoms with Gasteiger partial charge in [0.05, 0.1) is 13.0 Å². The SMILES string of the molecule is COC(=O)C(C)CN(C)C(=O)C(C)CCCN. The number of amides is 1. The number of carbonyl (C=O) groups is 2. The van der Waals surface area contributed by atoms with Crippen molar-refractivity contribution in [1.29, 1.82) is 0 Å². The summed E-state index contributed by atoms with van der Waals surface area (Å²) in [6.45, 7) is 4.62. The second-order valence-electron chi connectivity index (χ2n) is 4.47. The largest absolute Gasteiger partial charge is 0.469 e. The standard InChI is InChI=1S/C12H24N2O3/c1-9(6-5-7-13)11(15)14(3)8-10(2)12(16)17-4/h9-10H,5-8,13H2,1-4H3. The molecular formula is C12H24N2O3. The number of nitrogens with two attached hydrogens (primary N) is 1. The molecule has 0 aliphatic heterocycles. The molecule has 0 aromatic heterocycles. The summed E-state index contributed by atoms with van der Waals surface area (Å²) >= 11 is 0. The van der Waals surface area contributed by atoms with Gasteiger partial charge in [-0.2, -0.15) is 0 Å². The molecule has 0 bridgehead atoms. The Morgan fingerprint density at radius 1 is 1.29 bits per heavy atom. The highest BCUT2D eigenvalue weighted by Crippen LogP contribution is 2.10. The molecule has 0 rings (SSSR count). The van der Waals surface area contributed by atoms with Gasteiger partial charge in [-0.05, 0) is 19.4 Å². The summed E-state index contributed by atoms with van der Waals surface area (Å²) in [7, 11) is 3.06. The quantitative estimate of drug-likeness (QED) is 0.667. The van der Waals surface area contributed by atoms with Gasteiger partial charge < -0.3 is 15.4 Å². The van der Waals surface area contributed by atoms with Gasteiger partial charge in [0.25, 0.3) is 0 Å². The van der Waals surface area contributed by atoms with Crippen molar-refractivity contribution >= 4 is 11.9 Å². The molecule has 0 radical (unpaired) electrons. The Hall–Kier alpha value is -1.10. The first-order valence-electron chi connectivity index (χ1n) is 5.96. The van der Waals surface area contributed by atoms with E-state index < -0.39 is 0 Å². The Morgan fingerprint density at radius 3 is 2.35 bits per heavy atom. The van der Waals surface area contributed by atoms with Crippen LogP contribution in [0.5, 0.6) is 0 Å². The highest BCUT2D eigenvalue weighted by atomic mass is 16.5. The van der Waals surface area contributed by atoms with E-state index in [1.807, 2.05) is 6.92 Å². The molecule has 17 heavy (non-hydrogen) atoms. The Kier molecular flexibility index (Phi) is 7.54. The fourth-order valence-electron chi connectivity index (χ4n) is 1.70. The van der Waals surface area contributed by atoms with E-state index in [1.165, 1.54) is 7.11 Å². The molecule has 0 fully saturated rings. The number of ether oxygens (including phenoxy) is 1. The van der Waals surface area contributed by atoms with Gasteiger partial charge >= 0.3 is 5.97 Å². The Morgan fingerprint density at radius 2 is 1.88 bits per heavy atom. The number of carbonyl (C=O) groups excluding carboxylic acids is 2. The van der Waals surface area contributed by atoms with Gasteiger partial charge in [-0.3, -0.25) is 9.59 Å². The highest BCUT2D eigenvalue weighted by molar-refractivity contribution is 5.79. The van der Waals surface area contributed by atoms with Crippen LogP contribution in [0.25, 0.3) is 0 Å². The van der Waals surface area contributed by atoms with E-state index in [0.717, 1.165) is 12.8 Å². The van der Waals surface area contributed by atoms with Crippen molar-refractivity contribution in [2.75, 3.05) is 27.2 Å². The third kappa shape index (κ3) is 5.68. The average Bonchev–Trinajstić information content (AvgIpc) is 2.33. The van der Waals surface area contributed by atoms with Crippen LogP contribution in [-0.2, 0) is 14.3 Å². The lowest BCUT2D eigenvalue weighted by molar-refractivity contribution is -0.146. The van der Waals surface area contributed by atoms with Crippen molar-refractivity contribution in [1.82, 2.24) is 4.90 Å². The maximum absolute atomic E-state index is 11.9. The molecule has 2 atom stereocenters. The molecule has 5 nitrogen and oxygen atoms in total. The summed E-state index contributed by atoms with van der Waals surface area (Å²) in [5, 5.41) is 0. The van der Waals surface area contributed by atoms with Gasteiger partial charge in [0, 0.05) is 19.5 Å². The van der Waals surface area contributed by atoms with Crippen LogP contribution in [0.15, 0.2) is 0 Å². The van der Waals surface area contributed by atoms with Crippen LogP contribution >= 0.6 is 0 Å². The van der Waals surface area contributed by atoms with E-state index in [-0.39, 0.29) is 23.7 Å². The summed E-state index contributed by atoms with van der Waals surface area (Å²) in [5.74, 6) is -0.586. The third-order valence-electron chi connectivity index (χ3n) is 2.79. The van der Waals surface area contributed by atoms with Crippen LogP contribution in [0.1, 0.15) is 26.7 Å². The average molecular weight is 244 g/mol. The summed E-state index contributed by atoms with van der Waals surface area (Å²) in [4.78, 5) is 24.7. The lowest BCUT2D eigenvalue weighted by atomic mass is 10.0. The number of nitrogens with zero attached hydrogens (tertiary/aromatic N) is 1.